The molecule has 0 bridgehead atoms. The van der Waals surface area contributed by atoms with E-state index in [0.717, 1.165) is 12.8 Å². The van der Waals surface area contributed by atoms with Crippen molar-refractivity contribution in [2.24, 2.45) is 11.7 Å². The largest absolute Gasteiger partial charge is 0.443 e. The number of carbonyl (C=O) groups excluding carboxylic acids is 2. The van der Waals surface area contributed by atoms with Crippen LogP contribution in [0.1, 0.15) is 32.6 Å². The van der Waals surface area contributed by atoms with E-state index in [4.69, 9.17) is 10.5 Å². The predicted molar refractivity (Wildman–Crippen MR) is 57.6 cm³/mol. The number of hydrogen-bond donors (Lipinski definition) is 1. The maximum atomic E-state index is 11.8. The smallest absolute Gasteiger partial charge is 0.405 e. The molecule has 2 fully saturated rings. The van der Waals surface area contributed by atoms with Gasteiger partial charge >= 0.3 is 6.09 Å². The topological polar surface area (TPSA) is 72.6 Å². The maximum Gasteiger partial charge on any atom is 0.405 e. The Balaban J connectivity index is 1.85. The highest BCUT2D eigenvalue weighted by Gasteiger charge is 2.39. The van der Waals surface area contributed by atoms with Crippen LogP contribution in [0.15, 0.2) is 0 Å². The van der Waals surface area contributed by atoms with E-state index in [1.54, 1.807) is 0 Å². The summed E-state index contributed by atoms with van der Waals surface area (Å²) in [7, 11) is 0. The van der Waals surface area contributed by atoms with Gasteiger partial charge in [-0.1, -0.05) is 0 Å². The van der Waals surface area contributed by atoms with Gasteiger partial charge in [0.2, 0.25) is 5.91 Å². The fraction of sp³-hybridized carbons (Fsp3) is 0.818. The van der Waals surface area contributed by atoms with Crippen molar-refractivity contribution in [3.05, 3.63) is 0 Å². The van der Waals surface area contributed by atoms with E-state index in [9.17, 15) is 9.59 Å². The third-order valence-corrected chi connectivity index (χ3v) is 3.41. The molecule has 90 valence electrons. The van der Waals surface area contributed by atoms with Crippen LogP contribution >= 0.6 is 0 Å². The van der Waals surface area contributed by atoms with Crippen LogP contribution in [0.4, 0.5) is 4.79 Å². The fourth-order valence-electron chi connectivity index (χ4n) is 2.13. The molecule has 2 N–H and O–H groups in total. The third-order valence-electron chi connectivity index (χ3n) is 3.41. The lowest BCUT2D eigenvalue weighted by molar-refractivity contribution is -0.136. The third kappa shape index (κ3) is 2.46. The Morgan fingerprint density at radius 1 is 1.31 bits per heavy atom. The molecule has 16 heavy (non-hydrogen) atoms. The Bertz CT molecular complexity index is 304. The minimum atomic E-state index is -0.732. The van der Waals surface area contributed by atoms with Crippen molar-refractivity contribution < 1.29 is 14.3 Å². The Kier molecular flexibility index (Phi) is 2.78. The van der Waals surface area contributed by atoms with Gasteiger partial charge in [-0.2, -0.15) is 0 Å². The summed E-state index contributed by atoms with van der Waals surface area (Å²) in [4.78, 5) is 24.4. The van der Waals surface area contributed by atoms with Crippen molar-refractivity contribution in [1.29, 1.82) is 0 Å². The van der Waals surface area contributed by atoms with E-state index in [1.807, 2.05) is 11.8 Å². The monoisotopic (exact) mass is 226 g/mol. The summed E-state index contributed by atoms with van der Waals surface area (Å²) >= 11 is 0. The highest BCUT2D eigenvalue weighted by Crippen LogP contribution is 2.33. The lowest BCUT2D eigenvalue weighted by Crippen LogP contribution is -2.48. The first-order valence-electron chi connectivity index (χ1n) is 5.77. The van der Waals surface area contributed by atoms with Crippen molar-refractivity contribution in [2.45, 2.75) is 38.2 Å². The van der Waals surface area contributed by atoms with Crippen LogP contribution in [-0.2, 0) is 9.53 Å². The number of hydrogen-bond acceptors (Lipinski definition) is 3. The summed E-state index contributed by atoms with van der Waals surface area (Å²) in [6.45, 7) is 3.20. The SMILES string of the molecule is CC1(OC(N)=O)CCN(C(=O)C2CC2)CC1. The molecule has 0 aromatic heterocycles. The van der Waals surface area contributed by atoms with Gasteiger partial charge in [0, 0.05) is 31.8 Å². The second kappa shape index (κ2) is 3.96. The normalized spacial score (nSPS) is 23.9. The van der Waals surface area contributed by atoms with Gasteiger partial charge in [-0.25, -0.2) is 4.79 Å². The van der Waals surface area contributed by atoms with Gasteiger partial charge in [-0.05, 0) is 19.8 Å². The Morgan fingerprint density at radius 3 is 2.31 bits per heavy atom. The zero-order chi connectivity index (χ0) is 11.8. The first-order valence-corrected chi connectivity index (χ1v) is 5.77. The van der Waals surface area contributed by atoms with E-state index in [2.05, 4.69) is 0 Å². The van der Waals surface area contributed by atoms with E-state index >= 15 is 0 Å². The zero-order valence-electron chi connectivity index (χ0n) is 9.57. The molecule has 2 aliphatic rings. The van der Waals surface area contributed by atoms with Gasteiger partial charge in [0.1, 0.15) is 5.60 Å². The number of likely N-dealkylation sites (tertiary alicyclic amines) is 1. The van der Waals surface area contributed by atoms with Crippen LogP contribution in [0.25, 0.3) is 0 Å². The summed E-state index contributed by atoms with van der Waals surface area (Å²) in [5, 5.41) is 0. The number of amides is 2. The number of nitrogens with zero attached hydrogens (tertiary/aromatic N) is 1. The zero-order valence-corrected chi connectivity index (χ0v) is 9.57. The number of nitrogens with two attached hydrogens (primary N) is 1. The van der Waals surface area contributed by atoms with Gasteiger partial charge in [-0.3, -0.25) is 4.79 Å². The maximum absolute atomic E-state index is 11.8. The second-order valence-electron chi connectivity index (χ2n) is 4.97. The molecule has 0 spiro atoms. The van der Waals surface area contributed by atoms with Crippen LogP contribution < -0.4 is 5.73 Å². The van der Waals surface area contributed by atoms with Crippen molar-refractivity contribution in [2.75, 3.05) is 13.1 Å². The summed E-state index contributed by atoms with van der Waals surface area (Å²) in [6.07, 6.45) is 2.68. The van der Waals surface area contributed by atoms with Crippen molar-refractivity contribution in [3.8, 4) is 0 Å². The number of piperidine rings is 1. The van der Waals surface area contributed by atoms with Crippen LogP contribution in [0.2, 0.25) is 0 Å². The van der Waals surface area contributed by atoms with E-state index in [0.29, 0.717) is 25.9 Å². The standard InChI is InChI=1S/C11H18N2O3/c1-11(16-10(12)15)4-6-13(7-5-11)9(14)8-2-3-8/h8H,2-7H2,1H3,(H2,12,15). The van der Waals surface area contributed by atoms with E-state index in [1.165, 1.54) is 0 Å². The average Bonchev–Trinajstić information content (AvgIpc) is 2.99. The van der Waals surface area contributed by atoms with Gasteiger partial charge in [0.15, 0.2) is 0 Å². The molecule has 2 amide bonds. The summed E-state index contributed by atoms with van der Waals surface area (Å²) in [5.74, 6) is 0.530. The molecule has 0 aromatic rings. The first kappa shape index (κ1) is 11.2. The van der Waals surface area contributed by atoms with Gasteiger partial charge in [0.25, 0.3) is 0 Å². The fourth-order valence-corrected chi connectivity index (χ4v) is 2.13. The van der Waals surface area contributed by atoms with Gasteiger partial charge in [-0.15, -0.1) is 0 Å². The molecule has 1 aliphatic carbocycles. The molecule has 1 saturated carbocycles. The molecular weight excluding hydrogens is 208 g/mol. The van der Waals surface area contributed by atoms with Crippen LogP contribution in [0, 0.1) is 5.92 Å². The van der Waals surface area contributed by atoms with Crippen LogP contribution in [0.3, 0.4) is 0 Å². The highest BCUT2D eigenvalue weighted by molar-refractivity contribution is 5.81. The molecular formula is C11H18N2O3. The van der Waals surface area contributed by atoms with Crippen molar-refractivity contribution in [3.63, 3.8) is 0 Å². The molecule has 2 rings (SSSR count). The summed E-state index contributed by atoms with van der Waals surface area (Å²) < 4.78 is 5.08. The van der Waals surface area contributed by atoms with E-state index < -0.39 is 11.7 Å². The number of carbonyl (C=O) groups is 2. The van der Waals surface area contributed by atoms with Crippen molar-refractivity contribution >= 4 is 12.0 Å². The van der Waals surface area contributed by atoms with E-state index in [-0.39, 0.29) is 11.8 Å². The average molecular weight is 226 g/mol. The number of rotatable bonds is 2. The number of primary amides is 1. The Labute approximate surface area is 94.9 Å². The molecule has 1 heterocycles. The lowest BCUT2D eigenvalue weighted by Gasteiger charge is -2.38. The highest BCUT2D eigenvalue weighted by atomic mass is 16.6. The quantitative estimate of drug-likeness (QED) is 0.759. The first-order chi connectivity index (χ1) is 7.50. The molecule has 5 heteroatoms. The predicted octanol–water partition coefficient (Wildman–Crippen LogP) is 0.873. The molecule has 1 aliphatic heterocycles. The Hall–Kier alpha value is -1.26. The van der Waals surface area contributed by atoms with Gasteiger partial charge in [0.05, 0.1) is 0 Å². The van der Waals surface area contributed by atoms with Crippen LogP contribution in [-0.4, -0.2) is 35.6 Å². The van der Waals surface area contributed by atoms with Crippen LogP contribution in [0.5, 0.6) is 0 Å². The Morgan fingerprint density at radius 2 is 1.88 bits per heavy atom. The summed E-state index contributed by atoms with van der Waals surface area (Å²) in [6, 6.07) is 0. The molecule has 1 saturated heterocycles. The number of ether oxygens (including phenoxy) is 1. The molecule has 0 atom stereocenters. The minimum Gasteiger partial charge on any atom is -0.443 e. The lowest BCUT2D eigenvalue weighted by atomic mass is 9.93. The molecule has 5 nitrogen and oxygen atoms in total. The van der Waals surface area contributed by atoms with Crippen molar-refractivity contribution in [1.82, 2.24) is 4.90 Å². The minimum absolute atomic E-state index is 0.265. The second-order valence-corrected chi connectivity index (χ2v) is 4.97. The summed E-state index contributed by atoms with van der Waals surface area (Å²) in [5.41, 5.74) is 4.53. The molecule has 0 aromatic carbocycles. The van der Waals surface area contributed by atoms with Gasteiger partial charge < -0.3 is 15.4 Å². The molecule has 0 unspecified atom stereocenters. The molecule has 0 radical (unpaired) electrons.